The first-order valence-corrected chi connectivity index (χ1v) is 14.7. The van der Waals surface area contributed by atoms with Crippen LogP contribution in [0.3, 0.4) is 0 Å². The van der Waals surface area contributed by atoms with Gasteiger partial charge in [-0.25, -0.2) is 0 Å². The molecule has 3 N–H and O–H groups in total. The van der Waals surface area contributed by atoms with Gasteiger partial charge in [0.25, 0.3) is 0 Å². The lowest BCUT2D eigenvalue weighted by atomic mass is 9.95. The Hall–Kier alpha value is -5.22. The van der Waals surface area contributed by atoms with E-state index >= 15 is 0 Å². The molecule has 2 atom stereocenters. The van der Waals surface area contributed by atoms with Crippen molar-refractivity contribution in [2.45, 2.75) is 12.2 Å². The fourth-order valence-corrected chi connectivity index (χ4v) is 6.36. The zero-order valence-corrected chi connectivity index (χ0v) is 23.6. The molecule has 43 heavy (non-hydrogen) atoms. The lowest BCUT2D eigenvalue weighted by molar-refractivity contribution is 0.506. The third-order valence-corrected chi connectivity index (χ3v) is 8.53. The Balaban J connectivity index is 1.26. The molecule has 0 amide bonds. The molecule has 7 aromatic carbocycles. The maximum absolute atomic E-state index is 6.74. The second-order valence-electron chi connectivity index (χ2n) is 11.1. The first-order chi connectivity index (χ1) is 21.2. The molecular formula is C40H30N2O. The van der Waals surface area contributed by atoms with E-state index in [1.807, 2.05) is 30.3 Å². The maximum Gasteiger partial charge on any atom is 0.140 e. The van der Waals surface area contributed by atoms with E-state index in [0.717, 1.165) is 38.6 Å². The van der Waals surface area contributed by atoms with Crippen molar-refractivity contribution in [3.63, 3.8) is 0 Å². The van der Waals surface area contributed by atoms with Crippen molar-refractivity contribution in [2.75, 3.05) is 0 Å². The van der Waals surface area contributed by atoms with E-state index in [2.05, 4.69) is 127 Å². The van der Waals surface area contributed by atoms with Crippen LogP contribution in [0.25, 0.3) is 60.3 Å². The fraction of sp³-hybridized carbons (Fsp3) is 0.0500. The van der Waals surface area contributed by atoms with Gasteiger partial charge in [0.2, 0.25) is 0 Å². The molecule has 0 aliphatic heterocycles. The molecule has 0 aliphatic carbocycles. The first kappa shape index (κ1) is 25.5. The van der Waals surface area contributed by atoms with Crippen LogP contribution in [0.1, 0.15) is 28.9 Å². The predicted molar refractivity (Wildman–Crippen MR) is 181 cm³/mol. The molecule has 0 radical (unpaired) electrons. The number of para-hydroxylation sites is 2. The summed E-state index contributed by atoms with van der Waals surface area (Å²) in [5.41, 5.74) is 11.7. The number of benzene rings is 7. The van der Waals surface area contributed by atoms with Crippen molar-refractivity contribution in [1.29, 1.82) is 0 Å². The highest BCUT2D eigenvalue weighted by molar-refractivity contribution is 6.13. The van der Waals surface area contributed by atoms with Crippen molar-refractivity contribution >= 4 is 60.3 Å². The van der Waals surface area contributed by atoms with E-state index in [4.69, 9.17) is 10.2 Å². The molecule has 0 spiro atoms. The van der Waals surface area contributed by atoms with Gasteiger partial charge in [0.1, 0.15) is 11.2 Å². The Kier molecular flexibility index (Phi) is 6.26. The Morgan fingerprint density at radius 2 is 1.28 bits per heavy atom. The number of hydrogen-bond donors (Lipinski definition) is 2. The highest BCUT2D eigenvalue weighted by Crippen LogP contribution is 2.36. The van der Waals surface area contributed by atoms with Crippen molar-refractivity contribution < 1.29 is 4.42 Å². The van der Waals surface area contributed by atoms with Gasteiger partial charge in [-0.1, -0.05) is 133 Å². The number of hydrogen-bond acceptors (Lipinski definition) is 3. The summed E-state index contributed by atoms with van der Waals surface area (Å²) in [6, 6.07) is 48.7. The summed E-state index contributed by atoms with van der Waals surface area (Å²) < 4.78 is 6.44. The van der Waals surface area contributed by atoms with Crippen LogP contribution in [0.4, 0.5) is 0 Å². The van der Waals surface area contributed by atoms with Crippen LogP contribution in [-0.4, -0.2) is 0 Å². The van der Waals surface area contributed by atoms with Crippen molar-refractivity contribution in [2.24, 2.45) is 5.73 Å². The van der Waals surface area contributed by atoms with Crippen LogP contribution in [0.2, 0.25) is 0 Å². The normalized spacial score (nSPS) is 13.5. The monoisotopic (exact) mass is 554 g/mol. The van der Waals surface area contributed by atoms with Gasteiger partial charge in [-0.05, 0) is 61.6 Å². The molecule has 0 saturated heterocycles. The summed E-state index contributed by atoms with van der Waals surface area (Å²) in [4.78, 5) is 0. The Morgan fingerprint density at radius 3 is 2.16 bits per heavy atom. The molecular weight excluding hydrogens is 524 g/mol. The number of nitrogens with one attached hydrogen (secondary N) is 1. The van der Waals surface area contributed by atoms with Gasteiger partial charge in [-0.2, -0.15) is 0 Å². The van der Waals surface area contributed by atoms with Gasteiger partial charge in [0.15, 0.2) is 0 Å². The largest absolute Gasteiger partial charge is 0.456 e. The number of furan rings is 1. The van der Waals surface area contributed by atoms with E-state index in [1.54, 1.807) is 0 Å². The average molecular weight is 555 g/mol. The average Bonchev–Trinajstić information content (AvgIpc) is 3.45. The van der Waals surface area contributed by atoms with Gasteiger partial charge in [0.05, 0.1) is 12.2 Å². The number of rotatable bonds is 6. The third kappa shape index (κ3) is 4.56. The molecule has 1 aromatic heterocycles. The van der Waals surface area contributed by atoms with Gasteiger partial charge in [-0.3, -0.25) is 5.32 Å². The van der Waals surface area contributed by atoms with Crippen molar-refractivity contribution in [3.05, 3.63) is 162 Å². The molecule has 3 nitrogen and oxygen atoms in total. The lowest BCUT2D eigenvalue weighted by Crippen LogP contribution is -2.31. The van der Waals surface area contributed by atoms with Crippen LogP contribution < -0.4 is 11.1 Å². The zero-order valence-electron chi connectivity index (χ0n) is 23.6. The Labute approximate surface area is 249 Å². The van der Waals surface area contributed by atoms with E-state index in [0.29, 0.717) is 0 Å². The molecule has 0 saturated carbocycles. The van der Waals surface area contributed by atoms with Crippen LogP contribution in [0, 0.1) is 0 Å². The highest BCUT2D eigenvalue weighted by Gasteiger charge is 2.19. The fourth-order valence-electron chi connectivity index (χ4n) is 6.36. The molecule has 0 aliphatic rings. The Bertz CT molecular complexity index is 2300. The third-order valence-electron chi connectivity index (χ3n) is 8.53. The van der Waals surface area contributed by atoms with Crippen LogP contribution >= 0.6 is 0 Å². The summed E-state index contributed by atoms with van der Waals surface area (Å²) in [5, 5.41) is 13.4. The molecule has 1 heterocycles. The minimum atomic E-state index is -0.361. The van der Waals surface area contributed by atoms with E-state index in [9.17, 15) is 0 Å². The predicted octanol–water partition coefficient (Wildman–Crippen LogP) is 10.0. The summed E-state index contributed by atoms with van der Waals surface area (Å²) >= 11 is 0. The molecule has 3 heteroatoms. The number of fused-ring (bicyclic) bond motifs is 7. The lowest BCUT2D eigenvalue weighted by Gasteiger charge is -2.22. The summed E-state index contributed by atoms with van der Waals surface area (Å²) in [5.74, 6) is 0. The molecule has 2 unspecified atom stereocenters. The van der Waals surface area contributed by atoms with E-state index in [-0.39, 0.29) is 12.2 Å². The van der Waals surface area contributed by atoms with Crippen LogP contribution in [-0.2, 0) is 0 Å². The maximum atomic E-state index is 6.74. The summed E-state index contributed by atoms with van der Waals surface area (Å²) in [6.45, 7) is 0. The van der Waals surface area contributed by atoms with Crippen molar-refractivity contribution in [3.8, 4) is 0 Å². The summed E-state index contributed by atoms with van der Waals surface area (Å²) in [7, 11) is 0. The minimum Gasteiger partial charge on any atom is -0.456 e. The first-order valence-electron chi connectivity index (χ1n) is 14.7. The van der Waals surface area contributed by atoms with E-state index < -0.39 is 0 Å². The second-order valence-corrected chi connectivity index (χ2v) is 11.1. The molecule has 8 aromatic rings. The van der Waals surface area contributed by atoms with Gasteiger partial charge < -0.3 is 10.2 Å². The smallest absolute Gasteiger partial charge is 0.140 e. The SMILES string of the molecule is NC(NC(/C=C/c1cccc2c1ccc1cc3ccccc3cc12)c1cccc2c1oc1ccccc12)c1ccccc1. The van der Waals surface area contributed by atoms with Crippen LogP contribution in [0.15, 0.2) is 150 Å². The summed E-state index contributed by atoms with van der Waals surface area (Å²) in [6.07, 6.45) is 4.07. The standard InChI is InChI=1S/C40H30N2O/c41-40(27-10-2-1-3-11-27)42-37(35-18-9-17-34-33-15-6-7-19-38(33)43-39(34)35)23-21-26-14-8-16-32-31(26)22-20-30-24-28-12-4-5-13-29(28)25-36(30)32/h1-25,37,40,42H,41H2/b23-21+. The van der Waals surface area contributed by atoms with Crippen LogP contribution in [0.5, 0.6) is 0 Å². The molecule has 0 bridgehead atoms. The molecule has 8 rings (SSSR count). The van der Waals surface area contributed by atoms with Gasteiger partial charge in [-0.15, -0.1) is 0 Å². The number of nitrogens with two attached hydrogens (primary N) is 1. The topological polar surface area (TPSA) is 51.2 Å². The van der Waals surface area contributed by atoms with Gasteiger partial charge in [0, 0.05) is 16.3 Å². The Morgan fingerprint density at radius 1 is 0.558 bits per heavy atom. The minimum absolute atomic E-state index is 0.195. The van der Waals surface area contributed by atoms with Crippen molar-refractivity contribution in [1.82, 2.24) is 5.32 Å². The molecule has 0 fully saturated rings. The second kappa shape index (κ2) is 10.6. The molecule has 206 valence electrons. The van der Waals surface area contributed by atoms with Gasteiger partial charge >= 0.3 is 0 Å². The quantitative estimate of drug-likeness (QED) is 0.122. The zero-order chi connectivity index (χ0) is 28.8. The van der Waals surface area contributed by atoms with E-state index in [1.165, 1.54) is 32.3 Å². The highest BCUT2D eigenvalue weighted by atomic mass is 16.3.